The van der Waals surface area contributed by atoms with Crippen LogP contribution in [0.25, 0.3) is 11.3 Å². The monoisotopic (exact) mass is 483 g/mol. The van der Waals surface area contributed by atoms with Crippen LogP contribution < -0.4 is 5.32 Å². The number of aromatic nitrogens is 1. The molecule has 0 bridgehead atoms. The van der Waals surface area contributed by atoms with E-state index in [2.05, 4.69) is 5.32 Å². The molecule has 1 aromatic heterocycles. The minimum atomic E-state index is -4.36. The quantitative estimate of drug-likeness (QED) is 0.330. The normalized spacial score (nSPS) is 12.8. The van der Waals surface area contributed by atoms with Crippen molar-refractivity contribution in [3.8, 4) is 11.3 Å². The van der Waals surface area contributed by atoms with Crippen molar-refractivity contribution in [1.29, 1.82) is 0 Å². The van der Waals surface area contributed by atoms with Crippen molar-refractivity contribution in [2.45, 2.75) is 25.1 Å². The number of hydrogen-bond acceptors (Lipinski definition) is 5. The third-order valence-corrected chi connectivity index (χ3v) is 6.27. The van der Waals surface area contributed by atoms with Crippen molar-refractivity contribution < 1.29 is 18.3 Å². The smallest absolute Gasteiger partial charge is 0.395 e. The van der Waals surface area contributed by atoms with Crippen LogP contribution in [0.4, 0.5) is 18.9 Å². The van der Waals surface area contributed by atoms with Crippen LogP contribution in [-0.2, 0) is 6.18 Å². The maximum Gasteiger partial charge on any atom is 0.416 e. The fourth-order valence-electron chi connectivity index (χ4n) is 3.40. The summed E-state index contributed by atoms with van der Waals surface area (Å²) in [5.74, 6) is 0. The van der Waals surface area contributed by atoms with Gasteiger partial charge < -0.3 is 10.4 Å². The second-order valence-electron chi connectivity index (χ2n) is 7.45. The standard InChI is InChI=1S/C23H25ClF3N3OS/c1-30(11-12-31)21(22-29-20(15-32-22)16-5-2-7-18(24)13-16)9-4-10-28-19-8-3-6-17(14-19)23(25,26)27/h2-3,5-8,13-15,21,28,31H,4,9-12H2,1H3. The summed E-state index contributed by atoms with van der Waals surface area (Å²) in [5.41, 5.74) is 1.56. The maximum absolute atomic E-state index is 12.9. The molecular formula is C23H25ClF3N3OS. The lowest BCUT2D eigenvalue weighted by Gasteiger charge is -2.26. The van der Waals surface area contributed by atoms with Crippen LogP contribution in [0.5, 0.6) is 0 Å². The molecule has 0 saturated carbocycles. The summed E-state index contributed by atoms with van der Waals surface area (Å²) in [6.45, 7) is 1.05. The summed E-state index contributed by atoms with van der Waals surface area (Å²) in [6, 6.07) is 12.7. The van der Waals surface area contributed by atoms with Crippen LogP contribution in [-0.4, -0.2) is 41.7 Å². The average Bonchev–Trinajstić information content (AvgIpc) is 3.23. The Morgan fingerprint density at radius 3 is 2.69 bits per heavy atom. The first-order valence-electron chi connectivity index (χ1n) is 10.2. The van der Waals surface area contributed by atoms with Crippen LogP contribution in [0.2, 0.25) is 5.02 Å². The number of hydrogen-bond donors (Lipinski definition) is 2. The van der Waals surface area contributed by atoms with E-state index in [0.29, 0.717) is 23.8 Å². The van der Waals surface area contributed by atoms with Crippen molar-refractivity contribution in [3.63, 3.8) is 0 Å². The third kappa shape index (κ3) is 6.68. The Balaban J connectivity index is 1.65. The molecule has 172 valence electrons. The number of benzene rings is 2. The second-order valence-corrected chi connectivity index (χ2v) is 8.78. The molecule has 1 atom stereocenters. The second kappa shape index (κ2) is 11.1. The predicted octanol–water partition coefficient (Wildman–Crippen LogP) is 6.34. The van der Waals surface area contributed by atoms with E-state index in [4.69, 9.17) is 16.6 Å². The molecule has 0 aliphatic heterocycles. The summed E-state index contributed by atoms with van der Waals surface area (Å²) in [7, 11) is 1.93. The molecule has 9 heteroatoms. The van der Waals surface area contributed by atoms with Gasteiger partial charge in [0, 0.05) is 34.7 Å². The molecule has 3 aromatic rings. The van der Waals surface area contributed by atoms with Crippen LogP contribution in [0.15, 0.2) is 53.9 Å². The van der Waals surface area contributed by atoms with Crippen molar-refractivity contribution in [1.82, 2.24) is 9.88 Å². The summed E-state index contributed by atoms with van der Waals surface area (Å²) in [5, 5.41) is 16.0. The number of aliphatic hydroxyl groups excluding tert-OH is 1. The van der Waals surface area contributed by atoms with E-state index in [1.54, 1.807) is 17.4 Å². The lowest BCUT2D eigenvalue weighted by molar-refractivity contribution is -0.137. The number of nitrogens with zero attached hydrogens (tertiary/aromatic N) is 2. The largest absolute Gasteiger partial charge is 0.416 e. The molecule has 4 nitrogen and oxygen atoms in total. The highest BCUT2D eigenvalue weighted by Gasteiger charge is 2.30. The van der Waals surface area contributed by atoms with Gasteiger partial charge in [0.15, 0.2) is 0 Å². The zero-order valence-electron chi connectivity index (χ0n) is 17.6. The SMILES string of the molecule is CN(CCO)C(CCCNc1cccc(C(F)(F)F)c1)c1nc(-c2cccc(Cl)c2)cs1. The number of aliphatic hydroxyl groups is 1. The van der Waals surface area contributed by atoms with Crippen molar-refractivity contribution in [2.75, 3.05) is 32.1 Å². The molecule has 0 spiro atoms. The van der Waals surface area contributed by atoms with E-state index in [1.165, 1.54) is 6.07 Å². The Morgan fingerprint density at radius 1 is 1.19 bits per heavy atom. The number of thiazole rings is 1. The van der Waals surface area contributed by atoms with Gasteiger partial charge in [-0.25, -0.2) is 4.98 Å². The van der Waals surface area contributed by atoms with Gasteiger partial charge >= 0.3 is 6.18 Å². The lowest BCUT2D eigenvalue weighted by atomic mass is 10.1. The van der Waals surface area contributed by atoms with Crippen LogP contribution in [0, 0.1) is 0 Å². The zero-order valence-corrected chi connectivity index (χ0v) is 19.1. The van der Waals surface area contributed by atoms with Gasteiger partial charge in [-0.15, -0.1) is 11.3 Å². The van der Waals surface area contributed by atoms with E-state index in [9.17, 15) is 18.3 Å². The number of halogens is 4. The fourth-order valence-corrected chi connectivity index (χ4v) is 4.62. The van der Waals surface area contributed by atoms with E-state index in [1.807, 2.05) is 41.6 Å². The number of anilines is 1. The third-order valence-electron chi connectivity index (χ3n) is 5.09. The van der Waals surface area contributed by atoms with Crippen molar-refractivity contribution in [3.05, 3.63) is 69.5 Å². The molecule has 2 aromatic carbocycles. The molecule has 0 saturated heterocycles. The number of rotatable bonds is 10. The van der Waals surface area contributed by atoms with Gasteiger partial charge in [-0.05, 0) is 50.2 Å². The number of nitrogens with one attached hydrogen (secondary N) is 1. The molecular weight excluding hydrogens is 459 g/mol. The summed E-state index contributed by atoms with van der Waals surface area (Å²) < 4.78 is 38.7. The van der Waals surface area contributed by atoms with Crippen molar-refractivity contribution in [2.24, 2.45) is 0 Å². The summed E-state index contributed by atoms with van der Waals surface area (Å²) in [6.07, 6.45) is -2.89. The van der Waals surface area contributed by atoms with Gasteiger partial charge in [-0.1, -0.05) is 29.8 Å². The molecule has 0 radical (unpaired) electrons. The molecule has 2 N–H and O–H groups in total. The van der Waals surface area contributed by atoms with Crippen LogP contribution in [0.3, 0.4) is 0 Å². The van der Waals surface area contributed by atoms with E-state index < -0.39 is 11.7 Å². The van der Waals surface area contributed by atoms with Crippen molar-refractivity contribution >= 4 is 28.6 Å². The van der Waals surface area contributed by atoms with Gasteiger partial charge in [0.1, 0.15) is 5.01 Å². The summed E-state index contributed by atoms with van der Waals surface area (Å²) >= 11 is 7.64. The van der Waals surface area contributed by atoms with Gasteiger partial charge in [0.2, 0.25) is 0 Å². The molecule has 0 fully saturated rings. The number of alkyl halides is 3. The van der Waals surface area contributed by atoms with Crippen LogP contribution >= 0.6 is 22.9 Å². The van der Waals surface area contributed by atoms with Gasteiger partial charge in [0.05, 0.1) is 23.9 Å². The molecule has 1 heterocycles. The van der Waals surface area contributed by atoms with Gasteiger partial charge in [-0.2, -0.15) is 13.2 Å². The molecule has 32 heavy (non-hydrogen) atoms. The summed E-state index contributed by atoms with van der Waals surface area (Å²) in [4.78, 5) is 6.84. The highest BCUT2D eigenvalue weighted by molar-refractivity contribution is 7.10. The Labute approximate surface area is 194 Å². The highest BCUT2D eigenvalue weighted by atomic mass is 35.5. The number of likely N-dealkylation sites (N-methyl/N-ethyl adjacent to an activating group) is 1. The minimum absolute atomic E-state index is 0.0107. The zero-order chi connectivity index (χ0) is 23.1. The molecule has 0 aliphatic carbocycles. The fraction of sp³-hybridized carbons (Fsp3) is 0.348. The lowest BCUT2D eigenvalue weighted by Crippen LogP contribution is -2.28. The minimum Gasteiger partial charge on any atom is -0.395 e. The van der Waals surface area contributed by atoms with Gasteiger partial charge in [-0.3, -0.25) is 4.90 Å². The van der Waals surface area contributed by atoms with E-state index >= 15 is 0 Å². The predicted molar refractivity (Wildman–Crippen MR) is 124 cm³/mol. The Kier molecular flexibility index (Phi) is 8.53. The maximum atomic E-state index is 12.9. The van der Waals surface area contributed by atoms with E-state index in [-0.39, 0.29) is 12.6 Å². The molecule has 0 aliphatic rings. The first kappa shape index (κ1) is 24.5. The molecule has 3 rings (SSSR count). The van der Waals surface area contributed by atoms with Gasteiger partial charge in [0.25, 0.3) is 0 Å². The first-order chi connectivity index (χ1) is 15.3. The molecule has 0 amide bonds. The highest BCUT2D eigenvalue weighted by Crippen LogP contribution is 2.32. The Bertz CT molecular complexity index is 1010. The first-order valence-corrected chi connectivity index (χ1v) is 11.5. The Hall–Kier alpha value is -2.13. The van der Waals surface area contributed by atoms with Crippen LogP contribution in [0.1, 0.15) is 29.5 Å². The van der Waals surface area contributed by atoms with E-state index in [0.717, 1.165) is 41.2 Å². The Morgan fingerprint density at radius 2 is 1.97 bits per heavy atom. The molecule has 1 unspecified atom stereocenters. The topological polar surface area (TPSA) is 48.4 Å². The average molecular weight is 484 g/mol.